The van der Waals surface area contributed by atoms with Gasteiger partial charge in [-0.3, -0.25) is 15.1 Å². The van der Waals surface area contributed by atoms with Gasteiger partial charge in [-0.05, 0) is 25.8 Å². The van der Waals surface area contributed by atoms with Crippen LogP contribution in [0.15, 0.2) is 40.2 Å². The molecule has 0 fully saturated rings. The molecule has 94 valence electrons. The van der Waals surface area contributed by atoms with E-state index in [-0.39, 0.29) is 5.69 Å². The number of rotatable bonds is 5. The Kier molecular flexibility index (Phi) is 4.73. The highest BCUT2D eigenvalue weighted by atomic mass is 79.9. The molecule has 1 N–H and O–H groups in total. The fourth-order valence-electron chi connectivity index (χ4n) is 1.30. The van der Waals surface area contributed by atoms with Crippen LogP contribution < -0.4 is 5.32 Å². The average molecular weight is 311 g/mol. The van der Waals surface area contributed by atoms with E-state index in [0.717, 1.165) is 0 Å². The Balaban J connectivity index is 3.19. The minimum atomic E-state index is -0.492. The van der Waals surface area contributed by atoms with E-state index < -0.39 is 4.92 Å². The summed E-state index contributed by atoms with van der Waals surface area (Å²) in [6.45, 7) is 8.57. The van der Waals surface area contributed by atoms with Crippen molar-refractivity contribution in [3.8, 4) is 0 Å². The Hall–Kier alpha value is -2.02. The van der Waals surface area contributed by atoms with Gasteiger partial charge in [-0.2, -0.15) is 0 Å². The normalized spacial score (nSPS) is 10.9. The van der Waals surface area contributed by atoms with Crippen molar-refractivity contribution in [2.75, 3.05) is 5.32 Å². The number of aliphatic imine (C=N–C) groups is 1. The van der Waals surface area contributed by atoms with Crippen molar-refractivity contribution in [1.82, 2.24) is 4.98 Å². The van der Waals surface area contributed by atoms with E-state index >= 15 is 0 Å². The first-order chi connectivity index (χ1) is 8.45. The van der Waals surface area contributed by atoms with Crippen molar-refractivity contribution in [1.29, 1.82) is 0 Å². The fraction of sp³-hybridized carbons (Fsp3) is 0.0909. The predicted molar refractivity (Wildman–Crippen MR) is 75.0 cm³/mol. The molecule has 6 nitrogen and oxygen atoms in total. The van der Waals surface area contributed by atoms with Crippen LogP contribution in [-0.2, 0) is 0 Å². The Bertz CT molecular complexity index is 540. The zero-order chi connectivity index (χ0) is 13.7. The maximum atomic E-state index is 11.0. The molecule has 0 bridgehead atoms. The highest BCUT2D eigenvalue weighted by Gasteiger charge is 2.18. The number of nitrogens with one attached hydrogen (secondary N) is 1. The number of aryl methyl sites for hydroxylation is 1. The molecule has 0 atom stereocenters. The lowest BCUT2D eigenvalue weighted by atomic mass is 10.2. The lowest BCUT2D eigenvalue weighted by molar-refractivity contribution is -0.384. The third-order valence-corrected chi connectivity index (χ3v) is 2.25. The number of pyridine rings is 1. The second-order valence-corrected chi connectivity index (χ2v) is 4.33. The van der Waals surface area contributed by atoms with Crippen LogP contribution in [0.4, 0.5) is 11.4 Å². The van der Waals surface area contributed by atoms with Gasteiger partial charge in [-0.1, -0.05) is 22.5 Å². The molecule has 0 saturated heterocycles. The summed E-state index contributed by atoms with van der Waals surface area (Å²) in [7, 11) is 0. The van der Waals surface area contributed by atoms with Gasteiger partial charge in [0.25, 0.3) is 0 Å². The topological polar surface area (TPSA) is 80.4 Å². The smallest absolute Gasteiger partial charge is 0.313 e. The molecule has 0 aliphatic rings. The molecule has 0 aromatic carbocycles. The van der Waals surface area contributed by atoms with E-state index in [1.165, 1.54) is 12.3 Å². The van der Waals surface area contributed by atoms with E-state index in [1.54, 1.807) is 13.0 Å². The van der Waals surface area contributed by atoms with Crippen molar-refractivity contribution in [3.05, 3.63) is 51.0 Å². The molecule has 1 rings (SSSR count). The number of aromatic nitrogens is 1. The SMILES string of the molecule is C=N/C(=C\C(=C)Br)Nc1ccnc(C)c1[N+](=O)[O-]. The lowest BCUT2D eigenvalue weighted by Gasteiger charge is -2.07. The van der Waals surface area contributed by atoms with Gasteiger partial charge in [0.2, 0.25) is 0 Å². The van der Waals surface area contributed by atoms with Crippen molar-refractivity contribution < 1.29 is 4.92 Å². The number of nitrogens with zero attached hydrogens (tertiary/aromatic N) is 3. The van der Waals surface area contributed by atoms with Crippen molar-refractivity contribution >= 4 is 34.0 Å². The van der Waals surface area contributed by atoms with Crippen LogP contribution in [0.3, 0.4) is 0 Å². The minimum absolute atomic E-state index is 0.0905. The average Bonchev–Trinajstić information content (AvgIpc) is 2.27. The second kappa shape index (κ2) is 6.06. The van der Waals surface area contributed by atoms with Gasteiger partial charge in [-0.25, -0.2) is 4.99 Å². The van der Waals surface area contributed by atoms with Crippen LogP contribution in [0.2, 0.25) is 0 Å². The molecule has 7 heteroatoms. The summed E-state index contributed by atoms with van der Waals surface area (Å²) in [6.07, 6.45) is 3.04. The number of anilines is 1. The Morgan fingerprint density at radius 2 is 2.39 bits per heavy atom. The van der Waals surface area contributed by atoms with Gasteiger partial charge in [0.05, 0.1) is 4.92 Å². The quantitative estimate of drug-likeness (QED) is 0.392. The molecule has 0 unspecified atom stereocenters. The zero-order valence-corrected chi connectivity index (χ0v) is 11.3. The number of halogens is 1. The molecule has 0 aliphatic carbocycles. The molecule has 0 radical (unpaired) electrons. The van der Waals surface area contributed by atoms with Crippen molar-refractivity contribution in [3.63, 3.8) is 0 Å². The summed E-state index contributed by atoms with van der Waals surface area (Å²) in [4.78, 5) is 18.1. The van der Waals surface area contributed by atoms with E-state index in [0.29, 0.717) is 21.7 Å². The van der Waals surface area contributed by atoms with Gasteiger partial charge < -0.3 is 5.32 Å². The molecule has 18 heavy (non-hydrogen) atoms. The summed E-state index contributed by atoms with van der Waals surface area (Å²) in [5.41, 5.74) is 0.540. The zero-order valence-electron chi connectivity index (χ0n) is 9.68. The van der Waals surface area contributed by atoms with Gasteiger partial charge in [0.15, 0.2) is 0 Å². The monoisotopic (exact) mass is 310 g/mol. The predicted octanol–water partition coefficient (Wildman–Crippen LogP) is 3.16. The molecule has 1 aromatic heterocycles. The molecule has 1 heterocycles. The molecule has 1 aromatic rings. The van der Waals surface area contributed by atoms with E-state index in [2.05, 4.69) is 44.5 Å². The molecule has 0 spiro atoms. The van der Waals surface area contributed by atoms with Gasteiger partial charge >= 0.3 is 5.69 Å². The largest absolute Gasteiger partial charge is 0.335 e. The Morgan fingerprint density at radius 1 is 1.72 bits per heavy atom. The lowest BCUT2D eigenvalue weighted by Crippen LogP contribution is -2.03. The summed E-state index contributed by atoms with van der Waals surface area (Å²) < 4.78 is 0.575. The first kappa shape index (κ1) is 14.0. The summed E-state index contributed by atoms with van der Waals surface area (Å²) in [6, 6.07) is 1.50. The van der Waals surface area contributed by atoms with E-state index in [1.807, 2.05) is 0 Å². The minimum Gasteiger partial charge on any atom is -0.335 e. The van der Waals surface area contributed by atoms with Crippen molar-refractivity contribution in [2.24, 2.45) is 4.99 Å². The van der Waals surface area contributed by atoms with E-state index in [9.17, 15) is 10.1 Å². The standard InChI is InChI=1S/C11H11BrN4O2/c1-7(12)6-10(13-3)15-9-4-5-14-8(2)11(9)16(17)18/h4-6H,1,3H2,2H3,(H,14,15)/b10-6+. The van der Waals surface area contributed by atoms with Crippen molar-refractivity contribution in [2.45, 2.75) is 6.92 Å². The molecular formula is C11H11BrN4O2. The van der Waals surface area contributed by atoms with Crippen LogP contribution in [0.25, 0.3) is 0 Å². The van der Waals surface area contributed by atoms with Gasteiger partial charge in [-0.15, -0.1) is 0 Å². The Labute approximate surface area is 112 Å². The number of hydrogen-bond acceptors (Lipinski definition) is 5. The van der Waals surface area contributed by atoms with E-state index in [4.69, 9.17) is 0 Å². The Morgan fingerprint density at radius 3 is 2.89 bits per heavy atom. The molecular weight excluding hydrogens is 300 g/mol. The highest BCUT2D eigenvalue weighted by molar-refractivity contribution is 9.11. The summed E-state index contributed by atoms with van der Waals surface area (Å²) in [5.74, 6) is 0.352. The van der Waals surface area contributed by atoms with Crippen LogP contribution in [0.5, 0.6) is 0 Å². The number of hydrogen-bond donors (Lipinski definition) is 1. The van der Waals surface area contributed by atoms with Gasteiger partial charge in [0.1, 0.15) is 17.2 Å². The number of nitro groups is 1. The molecule has 0 amide bonds. The van der Waals surface area contributed by atoms with Gasteiger partial charge in [0, 0.05) is 10.7 Å². The summed E-state index contributed by atoms with van der Waals surface area (Å²) in [5, 5.41) is 13.8. The molecule has 0 aliphatic heterocycles. The molecule has 0 saturated carbocycles. The number of allylic oxidation sites excluding steroid dienone is 2. The van der Waals surface area contributed by atoms with Crippen LogP contribution in [0, 0.1) is 17.0 Å². The second-order valence-electron chi connectivity index (χ2n) is 3.31. The highest BCUT2D eigenvalue weighted by Crippen LogP contribution is 2.27. The third-order valence-electron chi connectivity index (χ3n) is 2.02. The maximum absolute atomic E-state index is 11.0. The maximum Gasteiger partial charge on any atom is 0.313 e. The van der Waals surface area contributed by atoms with Crippen LogP contribution in [0.1, 0.15) is 5.69 Å². The summed E-state index contributed by atoms with van der Waals surface area (Å²) >= 11 is 3.15. The first-order valence-electron chi connectivity index (χ1n) is 4.85. The van der Waals surface area contributed by atoms with Crippen LogP contribution >= 0.6 is 15.9 Å². The first-order valence-corrected chi connectivity index (χ1v) is 5.65. The third kappa shape index (κ3) is 3.49. The van der Waals surface area contributed by atoms with Crippen LogP contribution in [-0.4, -0.2) is 16.6 Å². The fourth-order valence-corrected chi connectivity index (χ4v) is 1.51.